The number of fused-ring (bicyclic) bond motifs is 1. The summed E-state index contributed by atoms with van der Waals surface area (Å²) in [4.78, 5) is 34.3. The molecule has 8 nitrogen and oxygen atoms in total. The van der Waals surface area contributed by atoms with Gasteiger partial charge in [-0.3, -0.25) is 10.2 Å². The van der Waals surface area contributed by atoms with Gasteiger partial charge in [-0.05, 0) is 61.9 Å². The third-order valence-corrected chi connectivity index (χ3v) is 4.88. The van der Waals surface area contributed by atoms with E-state index in [0.29, 0.717) is 11.3 Å². The fraction of sp³-hybridized carbons (Fsp3) is 0.130. The molecule has 33 heavy (non-hydrogen) atoms. The Hall–Kier alpha value is -3.98. The largest absolute Gasteiger partial charge is 0.490 e. The molecule has 0 bridgehead atoms. The summed E-state index contributed by atoms with van der Waals surface area (Å²) >= 11 is 6.37. The van der Waals surface area contributed by atoms with E-state index in [1.165, 1.54) is 30.3 Å². The minimum Gasteiger partial charge on any atom is -0.490 e. The normalized spacial score (nSPS) is 16.2. The molecule has 0 aliphatic carbocycles. The number of halogens is 2. The van der Waals surface area contributed by atoms with Crippen LogP contribution in [0, 0.1) is 11.2 Å². The molecule has 0 saturated carbocycles. The van der Waals surface area contributed by atoms with Crippen molar-refractivity contribution in [3.05, 3.63) is 75.8 Å². The fourth-order valence-corrected chi connectivity index (χ4v) is 3.40. The lowest BCUT2D eigenvalue weighted by atomic mass is 10.1. The number of amides is 1. The molecule has 2 heterocycles. The van der Waals surface area contributed by atoms with Crippen LogP contribution in [0.2, 0.25) is 5.02 Å². The zero-order chi connectivity index (χ0) is 23.7. The predicted molar refractivity (Wildman–Crippen MR) is 119 cm³/mol. The Labute approximate surface area is 193 Å². The average Bonchev–Trinajstić information content (AvgIpc) is 3.14. The second-order valence-corrected chi connectivity index (χ2v) is 7.39. The number of hydroxylamine groups is 2. The molecular weight excluding hydrogens is 453 g/mol. The van der Waals surface area contributed by atoms with Crippen molar-refractivity contribution in [3.8, 4) is 11.5 Å². The van der Waals surface area contributed by atoms with Crippen LogP contribution in [0.15, 0.2) is 58.8 Å². The van der Waals surface area contributed by atoms with Gasteiger partial charge in [-0.25, -0.2) is 9.18 Å². The summed E-state index contributed by atoms with van der Waals surface area (Å²) in [6.07, 6.45) is 2.97. The third-order valence-electron chi connectivity index (χ3n) is 4.60. The van der Waals surface area contributed by atoms with Crippen LogP contribution in [-0.2, 0) is 9.63 Å². The second-order valence-electron chi connectivity index (χ2n) is 6.98. The lowest BCUT2D eigenvalue weighted by molar-refractivity contribution is -0.114. The molecule has 2 aromatic carbocycles. The van der Waals surface area contributed by atoms with Crippen molar-refractivity contribution >= 4 is 41.2 Å². The highest BCUT2D eigenvalue weighted by atomic mass is 35.5. The number of esters is 1. The van der Waals surface area contributed by atoms with Gasteiger partial charge in [0.15, 0.2) is 23.2 Å². The van der Waals surface area contributed by atoms with E-state index in [-0.39, 0.29) is 45.9 Å². The fourth-order valence-electron chi connectivity index (χ4n) is 3.14. The van der Waals surface area contributed by atoms with Crippen molar-refractivity contribution in [2.75, 3.05) is 6.61 Å². The van der Waals surface area contributed by atoms with Crippen molar-refractivity contribution < 1.29 is 28.3 Å². The van der Waals surface area contributed by atoms with Crippen LogP contribution in [0.25, 0.3) is 6.08 Å². The van der Waals surface area contributed by atoms with Crippen LogP contribution in [-0.4, -0.2) is 35.2 Å². The van der Waals surface area contributed by atoms with Gasteiger partial charge in [0.1, 0.15) is 11.6 Å². The van der Waals surface area contributed by atoms with E-state index in [0.717, 1.165) is 17.2 Å². The first-order chi connectivity index (χ1) is 15.8. The standard InChI is InChI=1S/C23H17ClFN3O5/c1-3-31-18-11-13(9-16-21(26)28-19(27-22(16)29)8-12(2)33-28)10-17(24)20(18)32-23(30)14-4-6-15(25)7-5-14/h4-11,26H,3H2,1-2H3/b16-9+,26-21?. The number of rotatable bonds is 5. The zero-order valence-corrected chi connectivity index (χ0v) is 18.3. The zero-order valence-electron chi connectivity index (χ0n) is 17.5. The first kappa shape index (κ1) is 22.2. The molecule has 2 aromatic rings. The molecule has 0 radical (unpaired) electrons. The monoisotopic (exact) mass is 469 g/mol. The molecule has 2 aliphatic rings. The quantitative estimate of drug-likeness (QED) is 0.391. The van der Waals surface area contributed by atoms with Gasteiger partial charge in [0.2, 0.25) is 0 Å². The number of nitrogens with one attached hydrogen (secondary N) is 1. The number of allylic oxidation sites excluding steroid dienone is 1. The predicted octanol–water partition coefficient (Wildman–Crippen LogP) is 4.55. The van der Waals surface area contributed by atoms with Gasteiger partial charge in [-0.1, -0.05) is 11.6 Å². The maximum atomic E-state index is 13.1. The second kappa shape index (κ2) is 8.87. The molecule has 0 fully saturated rings. The Morgan fingerprint density at radius 3 is 2.73 bits per heavy atom. The van der Waals surface area contributed by atoms with Crippen LogP contribution in [0.4, 0.5) is 4.39 Å². The van der Waals surface area contributed by atoms with E-state index >= 15 is 0 Å². The number of carbonyl (C=O) groups is 2. The molecule has 2 aliphatic heterocycles. The summed E-state index contributed by atoms with van der Waals surface area (Å²) in [5.74, 6) is -1.16. The number of nitrogens with zero attached hydrogens (tertiary/aromatic N) is 2. The molecular formula is C23H17ClFN3O5. The highest BCUT2D eigenvalue weighted by molar-refractivity contribution is 6.34. The number of hydrogen-bond acceptors (Lipinski definition) is 6. The number of hydrogen-bond donors (Lipinski definition) is 1. The number of ether oxygens (including phenoxy) is 2. The van der Waals surface area contributed by atoms with Crippen LogP contribution in [0.3, 0.4) is 0 Å². The SMILES string of the molecule is CCOc1cc(/C=C2\C(=N)N3OC(C)=CC3=NC2=O)cc(Cl)c1OC(=O)c1ccc(F)cc1. The summed E-state index contributed by atoms with van der Waals surface area (Å²) < 4.78 is 24.1. The van der Waals surface area contributed by atoms with Crippen LogP contribution >= 0.6 is 11.6 Å². The number of aliphatic imine (C=N–C) groups is 1. The maximum Gasteiger partial charge on any atom is 0.343 e. The summed E-state index contributed by atoms with van der Waals surface area (Å²) in [6, 6.07) is 7.83. The van der Waals surface area contributed by atoms with E-state index in [4.69, 9.17) is 31.3 Å². The first-order valence-electron chi connectivity index (χ1n) is 9.81. The molecule has 1 N–H and O–H groups in total. The minimum atomic E-state index is -0.746. The molecule has 10 heteroatoms. The minimum absolute atomic E-state index is 0.0172. The highest BCUT2D eigenvalue weighted by Crippen LogP contribution is 2.38. The van der Waals surface area contributed by atoms with Crippen LogP contribution in [0.5, 0.6) is 11.5 Å². The van der Waals surface area contributed by atoms with Crippen molar-refractivity contribution in [1.29, 1.82) is 5.41 Å². The van der Waals surface area contributed by atoms with Crippen molar-refractivity contribution in [2.24, 2.45) is 4.99 Å². The van der Waals surface area contributed by atoms with Gasteiger partial charge in [0.05, 0.1) is 22.8 Å². The molecule has 0 unspecified atom stereocenters. The van der Waals surface area contributed by atoms with Gasteiger partial charge in [0, 0.05) is 6.08 Å². The average molecular weight is 470 g/mol. The summed E-state index contributed by atoms with van der Waals surface area (Å²) in [5.41, 5.74) is 0.530. The Balaban J connectivity index is 1.66. The van der Waals surface area contributed by atoms with Gasteiger partial charge in [0.25, 0.3) is 5.91 Å². The van der Waals surface area contributed by atoms with Crippen molar-refractivity contribution in [3.63, 3.8) is 0 Å². The molecule has 0 saturated heterocycles. The molecule has 4 rings (SSSR count). The molecule has 0 spiro atoms. The molecule has 1 amide bonds. The summed E-state index contributed by atoms with van der Waals surface area (Å²) in [6.45, 7) is 3.66. The van der Waals surface area contributed by atoms with E-state index in [2.05, 4.69) is 4.99 Å². The maximum absolute atomic E-state index is 13.1. The van der Waals surface area contributed by atoms with E-state index in [1.807, 2.05) is 0 Å². The Morgan fingerprint density at radius 1 is 1.30 bits per heavy atom. The lowest BCUT2D eigenvalue weighted by Crippen LogP contribution is -2.38. The number of carbonyl (C=O) groups excluding carboxylic acids is 2. The molecule has 0 atom stereocenters. The Kier molecular flexibility index (Phi) is 5.97. The Bertz CT molecular complexity index is 1270. The van der Waals surface area contributed by atoms with Gasteiger partial charge >= 0.3 is 5.97 Å². The van der Waals surface area contributed by atoms with Gasteiger partial charge < -0.3 is 14.3 Å². The number of amidine groups is 2. The topological polar surface area (TPSA) is 101 Å². The highest BCUT2D eigenvalue weighted by Gasteiger charge is 2.34. The smallest absolute Gasteiger partial charge is 0.343 e. The third kappa shape index (κ3) is 4.49. The van der Waals surface area contributed by atoms with Crippen molar-refractivity contribution in [2.45, 2.75) is 13.8 Å². The van der Waals surface area contributed by atoms with Crippen LogP contribution in [0.1, 0.15) is 29.8 Å². The summed E-state index contributed by atoms with van der Waals surface area (Å²) in [7, 11) is 0. The van der Waals surface area contributed by atoms with Crippen molar-refractivity contribution in [1.82, 2.24) is 5.06 Å². The molecule has 0 aromatic heterocycles. The molecule has 168 valence electrons. The van der Waals surface area contributed by atoms with Gasteiger partial charge in [-0.2, -0.15) is 4.99 Å². The summed E-state index contributed by atoms with van der Waals surface area (Å²) in [5, 5.41) is 9.50. The van der Waals surface area contributed by atoms with E-state index < -0.39 is 17.7 Å². The lowest BCUT2D eigenvalue weighted by Gasteiger charge is -2.23. The van der Waals surface area contributed by atoms with E-state index in [9.17, 15) is 14.0 Å². The first-order valence-corrected chi connectivity index (χ1v) is 10.2. The van der Waals surface area contributed by atoms with E-state index in [1.54, 1.807) is 19.9 Å². The van der Waals surface area contributed by atoms with Gasteiger partial charge in [-0.15, -0.1) is 5.06 Å². The van der Waals surface area contributed by atoms with Crippen LogP contribution < -0.4 is 9.47 Å². The Morgan fingerprint density at radius 2 is 2.03 bits per heavy atom. The number of benzene rings is 2.